The van der Waals surface area contributed by atoms with E-state index >= 15 is 0 Å². The van der Waals surface area contributed by atoms with Crippen LogP contribution in [0.1, 0.15) is 26.5 Å². The first-order valence-corrected chi connectivity index (χ1v) is 9.33. The quantitative estimate of drug-likeness (QED) is 0.571. The molecule has 0 aliphatic rings. The van der Waals surface area contributed by atoms with E-state index in [2.05, 4.69) is 20.9 Å². The molecule has 3 amide bonds. The van der Waals surface area contributed by atoms with Gasteiger partial charge in [0.05, 0.1) is 5.69 Å². The Balaban J connectivity index is 1.68. The van der Waals surface area contributed by atoms with E-state index in [1.807, 2.05) is 32.0 Å². The average Bonchev–Trinajstić information content (AvgIpc) is 3.01. The van der Waals surface area contributed by atoms with Crippen molar-refractivity contribution in [1.29, 1.82) is 0 Å². The molecule has 0 bridgehead atoms. The minimum Gasteiger partial charge on any atom is -0.321 e. The fraction of sp³-hybridized carbons (Fsp3) is 0.150. The Hall–Kier alpha value is -3.26. The van der Waals surface area contributed by atoms with E-state index in [0.717, 1.165) is 28.2 Å². The first-order chi connectivity index (χ1) is 13.3. The molecule has 1 heterocycles. The molecule has 0 radical (unpaired) electrons. The molecule has 3 N–H and O–H groups in total. The van der Waals surface area contributed by atoms with Crippen molar-refractivity contribution in [3.63, 3.8) is 0 Å². The summed E-state index contributed by atoms with van der Waals surface area (Å²) in [6.45, 7) is 5.62. The highest BCUT2D eigenvalue weighted by atomic mass is 32.1. The Labute approximate surface area is 165 Å². The van der Waals surface area contributed by atoms with Crippen LogP contribution in [-0.2, 0) is 0 Å². The van der Waals surface area contributed by atoms with Crippen molar-refractivity contribution in [3.05, 3.63) is 70.0 Å². The molecule has 3 rings (SSSR count). The van der Waals surface area contributed by atoms with Crippen molar-refractivity contribution in [2.24, 2.45) is 0 Å². The van der Waals surface area contributed by atoms with Gasteiger partial charge in [-0.15, -0.1) is 0 Å². The van der Waals surface area contributed by atoms with Gasteiger partial charge < -0.3 is 10.6 Å². The number of hydrogen-bond donors (Lipinski definition) is 3. The van der Waals surface area contributed by atoms with Crippen LogP contribution in [-0.4, -0.2) is 16.9 Å². The van der Waals surface area contributed by atoms with Crippen LogP contribution in [0, 0.1) is 26.6 Å². The molecule has 0 aliphatic carbocycles. The van der Waals surface area contributed by atoms with Gasteiger partial charge in [-0.1, -0.05) is 23.5 Å². The summed E-state index contributed by atoms with van der Waals surface area (Å²) in [5, 5.41) is 8.35. The fourth-order valence-corrected chi connectivity index (χ4v) is 3.38. The third kappa shape index (κ3) is 4.52. The number of anilines is 3. The number of carbonyl (C=O) groups excluding carboxylic acids is 2. The lowest BCUT2D eigenvalue weighted by molar-refractivity contribution is 0.102. The monoisotopic (exact) mass is 398 g/mol. The van der Waals surface area contributed by atoms with Crippen molar-refractivity contribution in [2.75, 3.05) is 16.0 Å². The topological polar surface area (TPSA) is 83.1 Å². The summed E-state index contributed by atoms with van der Waals surface area (Å²) < 4.78 is 12.9. The van der Waals surface area contributed by atoms with Gasteiger partial charge in [-0.3, -0.25) is 10.1 Å². The molecule has 2 aromatic carbocycles. The molecule has 0 aliphatic heterocycles. The van der Waals surface area contributed by atoms with Crippen LogP contribution in [0.15, 0.2) is 42.5 Å². The Morgan fingerprint density at radius 3 is 2.39 bits per heavy atom. The second kappa shape index (κ2) is 8.18. The highest BCUT2D eigenvalue weighted by Gasteiger charge is 2.17. The molecule has 1 aromatic heterocycles. The first kappa shape index (κ1) is 19.5. The molecule has 6 nitrogen and oxygen atoms in total. The van der Waals surface area contributed by atoms with E-state index < -0.39 is 6.03 Å². The van der Waals surface area contributed by atoms with Gasteiger partial charge in [-0.25, -0.2) is 14.2 Å². The molecular formula is C20H19FN4O2S. The van der Waals surface area contributed by atoms with E-state index in [0.29, 0.717) is 21.4 Å². The molecule has 0 spiro atoms. The lowest BCUT2D eigenvalue weighted by Gasteiger charge is -2.09. The maximum Gasteiger partial charge on any atom is 0.325 e. The number of aryl methyl sites for hydroxylation is 2. The third-order valence-electron chi connectivity index (χ3n) is 4.18. The summed E-state index contributed by atoms with van der Waals surface area (Å²) in [5.41, 5.74) is 3.78. The second-order valence-electron chi connectivity index (χ2n) is 6.22. The van der Waals surface area contributed by atoms with E-state index in [4.69, 9.17) is 0 Å². The molecule has 144 valence electrons. The van der Waals surface area contributed by atoms with Crippen molar-refractivity contribution in [3.8, 4) is 0 Å². The Morgan fingerprint density at radius 2 is 1.68 bits per heavy atom. The van der Waals surface area contributed by atoms with Gasteiger partial charge >= 0.3 is 6.03 Å². The zero-order chi connectivity index (χ0) is 20.3. The van der Waals surface area contributed by atoms with Gasteiger partial charge in [0.1, 0.15) is 10.7 Å². The number of rotatable bonds is 4. The maximum atomic E-state index is 12.9. The van der Waals surface area contributed by atoms with Gasteiger partial charge in [0, 0.05) is 11.4 Å². The standard InChI is InChI=1S/C20H19FN4O2S/c1-11-5-4-6-16(12(11)2)24-18(26)17-13(3)22-20(28-17)25-19(27)23-15-9-7-14(21)8-10-15/h4-10H,1-3H3,(H,24,26)(H2,22,23,25,27). The number of amides is 3. The second-order valence-corrected chi connectivity index (χ2v) is 7.22. The lowest BCUT2D eigenvalue weighted by Crippen LogP contribution is -2.19. The number of benzene rings is 2. The summed E-state index contributed by atoms with van der Waals surface area (Å²) in [5.74, 6) is -0.670. The van der Waals surface area contributed by atoms with Crippen LogP contribution >= 0.6 is 11.3 Å². The fourth-order valence-electron chi connectivity index (χ4n) is 2.52. The highest BCUT2D eigenvalue weighted by Crippen LogP contribution is 2.25. The lowest BCUT2D eigenvalue weighted by atomic mass is 10.1. The number of aromatic nitrogens is 1. The van der Waals surface area contributed by atoms with Gasteiger partial charge in [0.2, 0.25) is 0 Å². The largest absolute Gasteiger partial charge is 0.325 e. The van der Waals surface area contributed by atoms with Crippen molar-refractivity contribution < 1.29 is 14.0 Å². The van der Waals surface area contributed by atoms with E-state index in [-0.39, 0.29) is 11.7 Å². The number of thiazole rings is 1. The molecule has 28 heavy (non-hydrogen) atoms. The Morgan fingerprint density at radius 1 is 0.964 bits per heavy atom. The Kier molecular flexibility index (Phi) is 5.70. The van der Waals surface area contributed by atoms with Crippen molar-refractivity contribution in [2.45, 2.75) is 20.8 Å². The molecule has 8 heteroatoms. The number of nitrogens with one attached hydrogen (secondary N) is 3. The predicted octanol–water partition coefficient (Wildman–Crippen LogP) is 5.10. The van der Waals surface area contributed by atoms with Crippen molar-refractivity contribution >= 4 is 39.8 Å². The van der Waals surface area contributed by atoms with Crippen LogP contribution in [0.3, 0.4) is 0 Å². The Bertz CT molecular complexity index is 1030. The molecule has 0 saturated carbocycles. The number of carbonyl (C=O) groups is 2. The van der Waals surface area contributed by atoms with Crippen LogP contribution in [0.25, 0.3) is 0 Å². The molecular weight excluding hydrogens is 379 g/mol. The summed E-state index contributed by atoms with van der Waals surface area (Å²) in [6.07, 6.45) is 0. The van der Waals surface area contributed by atoms with Gasteiger partial charge in [-0.05, 0) is 62.2 Å². The highest BCUT2D eigenvalue weighted by molar-refractivity contribution is 7.17. The minimum absolute atomic E-state index is 0.282. The van der Waals surface area contributed by atoms with Crippen LogP contribution < -0.4 is 16.0 Å². The smallest absolute Gasteiger partial charge is 0.321 e. The molecule has 0 atom stereocenters. The SMILES string of the molecule is Cc1cccc(NC(=O)c2sc(NC(=O)Nc3ccc(F)cc3)nc2C)c1C. The summed E-state index contributed by atoms with van der Waals surface area (Å²) >= 11 is 1.08. The number of halogens is 1. The van der Waals surface area contributed by atoms with Gasteiger partial charge in [-0.2, -0.15) is 0 Å². The third-order valence-corrected chi connectivity index (χ3v) is 5.25. The average molecular weight is 398 g/mol. The van der Waals surface area contributed by atoms with Gasteiger partial charge in [0.15, 0.2) is 5.13 Å². The van der Waals surface area contributed by atoms with Crippen molar-refractivity contribution in [1.82, 2.24) is 4.98 Å². The predicted molar refractivity (Wildman–Crippen MR) is 110 cm³/mol. The van der Waals surface area contributed by atoms with Gasteiger partial charge in [0.25, 0.3) is 5.91 Å². The minimum atomic E-state index is -0.526. The van der Waals surface area contributed by atoms with Crippen LogP contribution in [0.4, 0.5) is 25.7 Å². The number of hydrogen-bond acceptors (Lipinski definition) is 4. The molecule has 0 fully saturated rings. The zero-order valence-electron chi connectivity index (χ0n) is 15.6. The molecule has 3 aromatic rings. The number of nitrogens with zero attached hydrogens (tertiary/aromatic N) is 1. The van der Waals surface area contributed by atoms with E-state index in [9.17, 15) is 14.0 Å². The summed E-state index contributed by atoms with van der Waals surface area (Å²) in [4.78, 5) is 29.3. The van der Waals surface area contributed by atoms with Crippen LogP contribution in [0.2, 0.25) is 0 Å². The molecule has 0 saturated heterocycles. The number of urea groups is 1. The zero-order valence-corrected chi connectivity index (χ0v) is 16.4. The molecule has 0 unspecified atom stereocenters. The summed E-state index contributed by atoms with van der Waals surface area (Å²) in [6, 6.07) is 10.6. The normalized spacial score (nSPS) is 10.4. The van der Waals surface area contributed by atoms with E-state index in [1.54, 1.807) is 6.92 Å². The summed E-state index contributed by atoms with van der Waals surface area (Å²) in [7, 11) is 0. The van der Waals surface area contributed by atoms with Crippen LogP contribution in [0.5, 0.6) is 0 Å². The maximum absolute atomic E-state index is 12.9. The first-order valence-electron chi connectivity index (χ1n) is 8.52. The van der Waals surface area contributed by atoms with E-state index in [1.165, 1.54) is 24.3 Å².